The molecule has 1 aliphatic heterocycles. The average molecular weight is 313 g/mol. The number of alkyl halides is 1. The Labute approximate surface area is 128 Å². The number of hydrogen-bond acceptors (Lipinski definition) is 3. The molecule has 0 radical (unpaired) electrons. The van der Waals surface area contributed by atoms with Crippen molar-refractivity contribution in [1.29, 1.82) is 0 Å². The molecule has 1 aliphatic rings. The van der Waals surface area contributed by atoms with E-state index in [1.165, 1.54) is 25.9 Å². The van der Waals surface area contributed by atoms with Crippen LogP contribution in [0.3, 0.4) is 0 Å². The van der Waals surface area contributed by atoms with Crippen molar-refractivity contribution in [3.05, 3.63) is 23.1 Å². The molecule has 1 saturated heterocycles. The molecule has 1 atom stereocenters. The molecule has 0 bridgehead atoms. The van der Waals surface area contributed by atoms with Crippen molar-refractivity contribution in [2.75, 3.05) is 19.6 Å². The Morgan fingerprint density at radius 1 is 1.30 bits per heavy atom. The Morgan fingerprint density at radius 2 is 2.05 bits per heavy atom. The van der Waals surface area contributed by atoms with E-state index in [9.17, 15) is 0 Å². The Bertz CT molecular complexity index is 602. The van der Waals surface area contributed by atoms with Gasteiger partial charge in [-0.2, -0.15) is 0 Å². The third-order valence-electron chi connectivity index (χ3n) is 3.78. The summed E-state index contributed by atoms with van der Waals surface area (Å²) in [5, 5.41) is 0.469. The van der Waals surface area contributed by atoms with E-state index in [1.807, 2.05) is 13.0 Å². The zero-order valence-electron chi connectivity index (χ0n) is 11.5. The van der Waals surface area contributed by atoms with Crippen LogP contribution in [-0.4, -0.2) is 39.1 Å². The van der Waals surface area contributed by atoms with Gasteiger partial charge in [-0.25, -0.2) is 9.97 Å². The highest BCUT2D eigenvalue weighted by Crippen LogP contribution is 2.25. The van der Waals surface area contributed by atoms with Crippen LogP contribution in [0, 0.1) is 0 Å². The molecule has 4 nitrogen and oxygen atoms in total. The highest BCUT2D eigenvalue weighted by atomic mass is 35.5. The minimum Gasteiger partial charge on any atom is -0.310 e. The zero-order chi connectivity index (χ0) is 14.1. The van der Waals surface area contributed by atoms with Gasteiger partial charge in [-0.1, -0.05) is 11.6 Å². The molecule has 0 spiro atoms. The van der Waals surface area contributed by atoms with Crippen LogP contribution in [0.25, 0.3) is 11.2 Å². The maximum absolute atomic E-state index is 6.26. The maximum atomic E-state index is 6.26. The number of halogens is 2. The third kappa shape index (κ3) is 2.78. The number of nitrogens with zero attached hydrogens (tertiary/aromatic N) is 4. The van der Waals surface area contributed by atoms with Gasteiger partial charge in [0.15, 0.2) is 5.65 Å². The minimum atomic E-state index is -0.137. The Morgan fingerprint density at radius 3 is 2.75 bits per heavy atom. The molecule has 0 saturated carbocycles. The van der Waals surface area contributed by atoms with E-state index in [1.54, 1.807) is 6.20 Å². The van der Waals surface area contributed by atoms with E-state index >= 15 is 0 Å². The predicted molar refractivity (Wildman–Crippen MR) is 82.5 cm³/mol. The summed E-state index contributed by atoms with van der Waals surface area (Å²) in [6.07, 6.45) is 4.27. The van der Waals surface area contributed by atoms with Crippen molar-refractivity contribution in [2.45, 2.75) is 31.7 Å². The highest BCUT2D eigenvalue weighted by molar-refractivity contribution is 6.31. The summed E-state index contributed by atoms with van der Waals surface area (Å²) in [6, 6.07) is 1.85. The Hall–Kier alpha value is -0.840. The first-order chi connectivity index (χ1) is 9.65. The molecule has 108 valence electrons. The van der Waals surface area contributed by atoms with E-state index in [4.69, 9.17) is 23.2 Å². The quantitative estimate of drug-likeness (QED) is 0.810. The maximum Gasteiger partial charge on any atom is 0.160 e. The van der Waals surface area contributed by atoms with Crippen LogP contribution in [0.15, 0.2) is 12.3 Å². The first-order valence-corrected chi connectivity index (χ1v) is 7.84. The molecule has 0 aliphatic carbocycles. The van der Waals surface area contributed by atoms with E-state index in [0.29, 0.717) is 5.02 Å². The fraction of sp³-hybridized carbons (Fsp3) is 0.571. The lowest BCUT2D eigenvalue weighted by molar-refractivity contribution is 0.322. The smallest absolute Gasteiger partial charge is 0.160 e. The van der Waals surface area contributed by atoms with Gasteiger partial charge >= 0.3 is 0 Å². The molecular weight excluding hydrogens is 295 g/mol. The van der Waals surface area contributed by atoms with E-state index in [2.05, 4.69) is 19.4 Å². The second kappa shape index (κ2) is 5.88. The van der Waals surface area contributed by atoms with Gasteiger partial charge in [-0.15, -0.1) is 11.6 Å². The normalized spacial score (nSPS) is 17.9. The van der Waals surface area contributed by atoms with Crippen LogP contribution in [0.1, 0.15) is 31.0 Å². The molecule has 3 rings (SSSR count). The van der Waals surface area contributed by atoms with E-state index < -0.39 is 0 Å². The summed E-state index contributed by atoms with van der Waals surface area (Å²) in [6.45, 7) is 6.22. The average Bonchev–Trinajstić information content (AvgIpc) is 3.02. The molecule has 6 heteroatoms. The van der Waals surface area contributed by atoms with E-state index in [0.717, 1.165) is 30.1 Å². The summed E-state index contributed by atoms with van der Waals surface area (Å²) in [5.41, 5.74) is 1.69. The number of imidazole rings is 1. The Kier molecular flexibility index (Phi) is 4.15. The van der Waals surface area contributed by atoms with Crippen molar-refractivity contribution < 1.29 is 0 Å². The molecule has 1 unspecified atom stereocenters. The second-order valence-electron chi connectivity index (χ2n) is 5.28. The van der Waals surface area contributed by atoms with Gasteiger partial charge in [0.05, 0.1) is 10.4 Å². The second-order valence-corrected chi connectivity index (χ2v) is 6.37. The lowest BCUT2D eigenvalue weighted by Crippen LogP contribution is -2.24. The highest BCUT2D eigenvalue weighted by Gasteiger charge is 2.18. The molecule has 2 aromatic rings. The van der Waals surface area contributed by atoms with Crippen LogP contribution in [-0.2, 0) is 6.54 Å². The monoisotopic (exact) mass is 312 g/mol. The number of hydrogen-bond donors (Lipinski definition) is 0. The lowest BCUT2D eigenvalue weighted by atomic mass is 10.4. The van der Waals surface area contributed by atoms with Crippen molar-refractivity contribution in [2.24, 2.45) is 0 Å². The van der Waals surface area contributed by atoms with Crippen LogP contribution in [0.4, 0.5) is 0 Å². The largest absolute Gasteiger partial charge is 0.310 e. The standard InChI is InChI=1S/C14H18Cl2N4/c1-10(15)13-18-12-8-11(16)9-17-14(12)20(13)7-6-19-4-2-3-5-19/h8-10H,2-7H2,1H3. The molecule has 2 aromatic heterocycles. The summed E-state index contributed by atoms with van der Waals surface area (Å²) in [4.78, 5) is 11.5. The number of aromatic nitrogens is 3. The summed E-state index contributed by atoms with van der Waals surface area (Å²) in [5.74, 6) is 0.871. The van der Waals surface area contributed by atoms with Crippen LogP contribution >= 0.6 is 23.2 Å². The summed E-state index contributed by atoms with van der Waals surface area (Å²) in [7, 11) is 0. The number of likely N-dealkylation sites (tertiary alicyclic amines) is 1. The van der Waals surface area contributed by atoms with Gasteiger partial charge in [0.25, 0.3) is 0 Å². The zero-order valence-corrected chi connectivity index (χ0v) is 13.0. The molecule has 20 heavy (non-hydrogen) atoms. The molecule has 1 fully saturated rings. The van der Waals surface area contributed by atoms with Gasteiger partial charge < -0.3 is 9.47 Å². The topological polar surface area (TPSA) is 34.0 Å². The van der Waals surface area contributed by atoms with Crippen LogP contribution in [0.2, 0.25) is 5.02 Å². The van der Waals surface area contributed by atoms with Gasteiger partial charge in [0.2, 0.25) is 0 Å². The van der Waals surface area contributed by atoms with Crippen LogP contribution in [0.5, 0.6) is 0 Å². The molecule has 0 N–H and O–H groups in total. The Balaban J connectivity index is 1.91. The number of rotatable bonds is 4. The lowest BCUT2D eigenvalue weighted by Gasteiger charge is -2.16. The minimum absolute atomic E-state index is 0.137. The number of pyridine rings is 1. The van der Waals surface area contributed by atoms with E-state index in [-0.39, 0.29) is 5.38 Å². The number of fused-ring (bicyclic) bond motifs is 1. The fourth-order valence-corrected chi connectivity index (χ4v) is 3.09. The first-order valence-electron chi connectivity index (χ1n) is 7.03. The summed E-state index contributed by atoms with van der Waals surface area (Å²) >= 11 is 12.2. The third-order valence-corrected chi connectivity index (χ3v) is 4.18. The van der Waals surface area contributed by atoms with Crippen molar-refractivity contribution in [1.82, 2.24) is 19.4 Å². The van der Waals surface area contributed by atoms with Gasteiger partial charge in [0.1, 0.15) is 11.3 Å². The molecular formula is C14H18Cl2N4. The summed E-state index contributed by atoms with van der Waals surface area (Å²) < 4.78 is 2.13. The van der Waals surface area contributed by atoms with Crippen LogP contribution < -0.4 is 0 Å². The van der Waals surface area contributed by atoms with Crippen molar-refractivity contribution in [3.63, 3.8) is 0 Å². The van der Waals surface area contributed by atoms with Gasteiger partial charge in [-0.05, 0) is 38.9 Å². The van der Waals surface area contributed by atoms with Gasteiger partial charge in [0, 0.05) is 19.3 Å². The van der Waals surface area contributed by atoms with Crippen molar-refractivity contribution >= 4 is 34.4 Å². The molecule has 3 heterocycles. The molecule has 0 amide bonds. The fourth-order valence-electron chi connectivity index (χ4n) is 2.78. The predicted octanol–water partition coefficient (Wildman–Crippen LogP) is 3.48. The van der Waals surface area contributed by atoms with Crippen molar-refractivity contribution in [3.8, 4) is 0 Å². The first kappa shape index (κ1) is 14.1. The van der Waals surface area contributed by atoms with Gasteiger partial charge in [-0.3, -0.25) is 0 Å². The molecule has 0 aromatic carbocycles. The SMILES string of the molecule is CC(Cl)c1nc2cc(Cl)cnc2n1CCN1CCCC1.